The standard InChI is InChI=1S/C10H14Br2N2O/c1-3-10(2,6-15)14-9-8(12)4-7(11)5-13-9/h4-5,15H,3,6H2,1-2H3,(H,13,14). The summed E-state index contributed by atoms with van der Waals surface area (Å²) in [5.41, 5.74) is -0.330. The van der Waals surface area contributed by atoms with Crippen molar-refractivity contribution in [3.8, 4) is 0 Å². The lowest BCUT2D eigenvalue weighted by Gasteiger charge is -2.28. The summed E-state index contributed by atoms with van der Waals surface area (Å²) in [6, 6.07) is 1.92. The number of aliphatic hydroxyl groups is 1. The van der Waals surface area contributed by atoms with Gasteiger partial charge in [0.05, 0.1) is 16.6 Å². The van der Waals surface area contributed by atoms with Crippen LogP contribution in [0, 0.1) is 0 Å². The summed E-state index contributed by atoms with van der Waals surface area (Å²) in [6.07, 6.45) is 2.55. The summed E-state index contributed by atoms with van der Waals surface area (Å²) in [5, 5.41) is 12.5. The van der Waals surface area contributed by atoms with Gasteiger partial charge in [-0.2, -0.15) is 0 Å². The predicted octanol–water partition coefficient (Wildman–Crippen LogP) is 3.18. The second-order valence-electron chi connectivity index (χ2n) is 3.68. The first-order valence-electron chi connectivity index (χ1n) is 4.71. The number of anilines is 1. The molecule has 3 nitrogen and oxygen atoms in total. The molecule has 1 rings (SSSR count). The Morgan fingerprint density at radius 1 is 1.53 bits per heavy atom. The molecule has 0 saturated carbocycles. The fraction of sp³-hybridized carbons (Fsp3) is 0.500. The molecule has 0 aliphatic heterocycles. The molecule has 0 saturated heterocycles. The second-order valence-corrected chi connectivity index (χ2v) is 5.45. The summed E-state index contributed by atoms with van der Waals surface area (Å²) < 4.78 is 1.80. The van der Waals surface area contributed by atoms with Gasteiger partial charge >= 0.3 is 0 Å². The van der Waals surface area contributed by atoms with Crippen molar-refractivity contribution in [2.75, 3.05) is 11.9 Å². The fourth-order valence-corrected chi connectivity index (χ4v) is 2.12. The number of aromatic nitrogens is 1. The number of aliphatic hydroxyl groups excluding tert-OH is 1. The summed E-state index contributed by atoms with van der Waals surface area (Å²) in [5.74, 6) is 0.747. The minimum absolute atomic E-state index is 0.0771. The zero-order chi connectivity index (χ0) is 11.5. The Balaban J connectivity index is 2.89. The third-order valence-electron chi connectivity index (χ3n) is 2.36. The Hall–Kier alpha value is -0.130. The zero-order valence-electron chi connectivity index (χ0n) is 8.72. The van der Waals surface area contributed by atoms with E-state index in [1.165, 1.54) is 0 Å². The van der Waals surface area contributed by atoms with E-state index in [0.717, 1.165) is 21.2 Å². The van der Waals surface area contributed by atoms with Gasteiger partial charge in [-0.25, -0.2) is 4.98 Å². The summed E-state index contributed by atoms with van der Waals surface area (Å²) in [7, 11) is 0. The number of nitrogens with zero attached hydrogens (tertiary/aromatic N) is 1. The van der Waals surface area contributed by atoms with E-state index in [1.807, 2.05) is 19.9 Å². The van der Waals surface area contributed by atoms with E-state index in [-0.39, 0.29) is 12.1 Å². The maximum absolute atomic E-state index is 9.28. The molecule has 84 valence electrons. The highest BCUT2D eigenvalue weighted by atomic mass is 79.9. The van der Waals surface area contributed by atoms with Gasteiger partial charge in [0.15, 0.2) is 0 Å². The molecule has 1 aromatic rings. The third kappa shape index (κ3) is 3.43. The average molecular weight is 338 g/mol. The molecule has 0 aliphatic carbocycles. The fourth-order valence-electron chi connectivity index (χ4n) is 1.03. The van der Waals surface area contributed by atoms with Gasteiger partial charge in [0, 0.05) is 10.7 Å². The van der Waals surface area contributed by atoms with Gasteiger partial charge in [-0.3, -0.25) is 0 Å². The van der Waals surface area contributed by atoms with Gasteiger partial charge < -0.3 is 10.4 Å². The Kier molecular flexibility index (Phi) is 4.55. The zero-order valence-corrected chi connectivity index (χ0v) is 11.9. The van der Waals surface area contributed by atoms with Crippen LogP contribution in [0.15, 0.2) is 21.2 Å². The number of hydrogen-bond acceptors (Lipinski definition) is 3. The van der Waals surface area contributed by atoms with Gasteiger partial charge in [-0.05, 0) is 51.3 Å². The molecule has 15 heavy (non-hydrogen) atoms. The van der Waals surface area contributed by atoms with Crippen LogP contribution >= 0.6 is 31.9 Å². The molecule has 1 heterocycles. The van der Waals surface area contributed by atoms with Crippen LogP contribution in [-0.2, 0) is 0 Å². The van der Waals surface area contributed by atoms with Crippen LogP contribution in [0.25, 0.3) is 0 Å². The van der Waals surface area contributed by atoms with Crippen LogP contribution in [-0.4, -0.2) is 22.2 Å². The number of pyridine rings is 1. The van der Waals surface area contributed by atoms with E-state index in [0.29, 0.717) is 0 Å². The van der Waals surface area contributed by atoms with Gasteiger partial charge in [0.25, 0.3) is 0 Å². The number of nitrogens with one attached hydrogen (secondary N) is 1. The molecule has 0 amide bonds. The molecule has 0 aromatic carbocycles. The molecular weight excluding hydrogens is 324 g/mol. The molecule has 5 heteroatoms. The van der Waals surface area contributed by atoms with Crippen molar-refractivity contribution >= 4 is 37.7 Å². The number of hydrogen-bond donors (Lipinski definition) is 2. The van der Waals surface area contributed by atoms with Crippen LogP contribution in [0.5, 0.6) is 0 Å². The Bertz CT molecular complexity index is 340. The molecule has 0 aliphatic rings. The molecule has 1 aromatic heterocycles. The van der Waals surface area contributed by atoms with Gasteiger partial charge in [-0.15, -0.1) is 0 Å². The quantitative estimate of drug-likeness (QED) is 0.886. The molecule has 1 unspecified atom stereocenters. The largest absolute Gasteiger partial charge is 0.394 e. The lowest BCUT2D eigenvalue weighted by atomic mass is 10.0. The first-order chi connectivity index (χ1) is 7.00. The van der Waals surface area contributed by atoms with E-state index in [4.69, 9.17) is 0 Å². The molecule has 0 bridgehead atoms. The monoisotopic (exact) mass is 336 g/mol. The van der Waals surface area contributed by atoms with E-state index in [9.17, 15) is 5.11 Å². The average Bonchev–Trinajstić information content (AvgIpc) is 2.22. The first kappa shape index (κ1) is 12.9. The molecule has 1 atom stereocenters. The maximum Gasteiger partial charge on any atom is 0.140 e. The van der Waals surface area contributed by atoms with Crippen LogP contribution in [0.1, 0.15) is 20.3 Å². The van der Waals surface area contributed by atoms with Crippen LogP contribution < -0.4 is 5.32 Å². The minimum atomic E-state index is -0.330. The van der Waals surface area contributed by atoms with E-state index in [2.05, 4.69) is 42.2 Å². The summed E-state index contributed by atoms with van der Waals surface area (Å²) in [4.78, 5) is 4.24. The Labute approximate surface area is 107 Å². The number of halogens is 2. The van der Waals surface area contributed by atoms with Crippen molar-refractivity contribution in [1.29, 1.82) is 0 Å². The van der Waals surface area contributed by atoms with Crippen molar-refractivity contribution in [3.63, 3.8) is 0 Å². The van der Waals surface area contributed by atoms with Crippen LogP contribution in [0.4, 0.5) is 5.82 Å². The molecule has 0 spiro atoms. The van der Waals surface area contributed by atoms with Gasteiger partial charge in [0.1, 0.15) is 5.82 Å². The Morgan fingerprint density at radius 3 is 2.67 bits per heavy atom. The molecule has 0 radical (unpaired) electrons. The topological polar surface area (TPSA) is 45.1 Å². The normalized spacial score (nSPS) is 14.7. The van der Waals surface area contributed by atoms with E-state index >= 15 is 0 Å². The lowest BCUT2D eigenvalue weighted by Crippen LogP contribution is -2.38. The van der Waals surface area contributed by atoms with Gasteiger partial charge in [-0.1, -0.05) is 6.92 Å². The van der Waals surface area contributed by atoms with Crippen molar-refractivity contribution in [1.82, 2.24) is 4.98 Å². The lowest BCUT2D eigenvalue weighted by molar-refractivity contribution is 0.218. The van der Waals surface area contributed by atoms with Crippen molar-refractivity contribution in [2.45, 2.75) is 25.8 Å². The highest BCUT2D eigenvalue weighted by Gasteiger charge is 2.21. The van der Waals surface area contributed by atoms with Crippen LogP contribution in [0.2, 0.25) is 0 Å². The van der Waals surface area contributed by atoms with E-state index in [1.54, 1.807) is 6.20 Å². The smallest absolute Gasteiger partial charge is 0.140 e. The maximum atomic E-state index is 9.28. The predicted molar refractivity (Wildman–Crippen MR) is 69.0 cm³/mol. The highest BCUT2D eigenvalue weighted by molar-refractivity contribution is 9.11. The van der Waals surface area contributed by atoms with Crippen molar-refractivity contribution < 1.29 is 5.11 Å². The van der Waals surface area contributed by atoms with Crippen LogP contribution in [0.3, 0.4) is 0 Å². The third-order valence-corrected chi connectivity index (χ3v) is 3.40. The first-order valence-corrected chi connectivity index (χ1v) is 6.29. The molecule has 0 fully saturated rings. The van der Waals surface area contributed by atoms with E-state index < -0.39 is 0 Å². The summed E-state index contributed by atoms with van der Waals surface area (Å²) in [6.45, 7) is 4.06. The number of rotatable bonds is 4. The minimum Gasteiger partial charge on any atom is -0.394 e. The highest BCUT2D eigenvalue weighted by Crippen LogP contribution is 2.26. The summed E-state index contributed by atoms with van der Waals surface area (Å²) >= 11 is 6.76. The van der Waals surface area contributed by atoms with Crippen molar-refractivity contribution in [2.24, 2.45) is 0 Å². The molecular formula is C10H14Br2N2O. The Morgan fingerprint density at radius 2 is 2.20 bits per heavy atom. The van der Waals surface area contributed by atoms with Crippen molar-refractivity contribution in [3.05, 3.63) is 21.2 Å². The molecule has 2 N–H and O–H groups in total. The second kappa shape index (κ2) is 5.27. The SMILES string of the molecule is CCC(C)(CO)Nc1ncc(Br)cc1Br. The van der Waals surface area contributed by atoms with Gasteiger partial charge in [0.2, 0.25) is 0 Å².